The van der Waals surface area contributed by atoms with E-state index >= 15 is 0 Å². The Morgan fingerprint density at radius 3 is 2.65 bits per heavy atom. The maximum atomic E-state index is 13.4. The molecule has 4 heterocycles. The number of piperidine rings is 1. The molecule has 0 spiro atoms. The summed E-state index contributed by atoms with van der Waals surface area (Å²) >= 11 is 1.39. The van der Waals surface area contributed by atoms with Gasteiger partial charge in [0.15, 0.2) is 5.13 Å². The monoisotopic (exact) mass is 580 g/mol. The second kappa shape index (κ2) is 10.2. The molecule has 1 aliphatic carbocycles. The SMILES string of the molecule is CNS(=O)(=O)c1cc(-c2sc(Nc3cccc(N4CCCCC4=O)n3)nc2C)cc2c1C(=O)N([C@@H](C)C1CC1)C2. The minimum atomic E-state index is -3.89. The van der Waals surface area contributed by atoms with E-state index in [2.05, 4.69) is 20.0 Å². The molecule has 210 valence electrons. The van der Waals surface area contributed by atoms with Crippen LogP contribution in [0.15, 0.2) is 35.2 Å². The van der Waals surface area contributed by atoms with Crippen molar-refractivity contribution in [1.29, 1.82) is 0 Å². The Hall–Kier alpha value is -3.35. The van der Waals surface area contributed by atoms with Gasteiger partial charge in [-0.3, -0.25) is 14.5 Å². The van der Waals surface area contributed by atoms with Gasteiger partial charge in [-0.1, -0.05) is 17.4 Å². The molecule has 2 fully saturated rings. The first-order chi connectivity index (χ1) is 19.2. The van der Waals surface area contributed by atoms with Gasteiger partial charge >= 0.3 is 0 Å². The third-order valence-corrected chi connectivity index (χ3v) is 10.5. The molecule has 3 aromatic rings. The van der Waals surface area contributed by atoms with Crippen LogP contribution < -0.4 is 14.9 Å². The largest absolute Gasteiger partial charge is 0.331 e. The van der Waals surface area contributed by atoms with Gasteiger partial charge in [0.05, 0.1) is 21.0 Å². The summed E-state index contributed by atoms with van der Waals surface area (Å²) in [6.45, 7) is 4.97. The third kappa shape index (κ3) is 4.88. The number of hydrogen-bond donors (Lipinski definition) is 2. The lowest BCUT2D eigenvalue weighted by molar-refractivity contribution is -0.119. The Morgan fingerprint density at radius 1 is 1.12 bits per heavy atom. The van der Waals surface area contributed by atoms with Gasteiger partial charge in [-0.25, -0.2) is 23.1 Å². The summed E-state index contributed by atoms with van der Waals surface area (Å²) in [6.07, 6.45) is 4.57. The molecular formula is C28H32N6O4S2. The van der Waals surface area contributed by atoms with E-state index in [4.69, 9.17) is 0 Å². The smallest absolute Gasteiger partial charge is 0.256 e. The normalized spacial score (nSPS) is 18.3. The third-order valence-electron chi connectivity index (χ3n) is 7.98. The molecule has 0 unspecified atom stereocenters. The molecule has 1 saturated heterocycles. The fraction of sp³-hybridized carbons (Fsp3) is 0.429. The summed E-state index contributed by atoms with van der Waals surface area (Å²) in [7, 11) is -2.53. The Morgan fingerprint density at radius 2 is 1.93 bits per heavy atom. The number of fused-ring (bicyclic) bond motifs is 1. The van der Waals surface area contributed by atoms with Gasteiger partial charge in [0.25, 0.3) is 5.91 Å². The van der Waals surface area contributed by atoms with Crippen molar-refractivity contribution >= 4 is 49.9 Å². The number of anilines is 3. The summed E-state index contributed by atoms with van der Waals surface area (Å²) in [5, 5.41) is 3.85. The number of carbonyl (C=O) groups excluding carboxylic acids is 2. The standard InChI is InChI=1S/C28H32N6O4S2/c1-16-26(39-28(30-16)32-22-7-6-8-23(31-22)33-12-5-4-9-24(33)35)19-13-20-15-34(17(2)18-10-11-18)27(36)25(20)21(14-19)40(37,38)29-3/h6-8,13-14,17-18,29H,4-5,9-12,15H2,1-3H3,(H,30,31,32)/t17-/m0/s1. The van der Waals surface area contributed by atoms with Crippen LogP contribution in [-0.4, -0.2) is 54.7 Å². The van der Waals surface area contributed by atoms with Crippen molar-refractivity contribution < 1.29 is 18.0 Å². The first-order valence-electron chi connectivity index (χ1n) is 13.6. The van der Waals surface area contributed by atoms with Gasteiger partial charge in [0.1, 0.15) is 11.6 Å². The Kier molecular flexibility index (Phi) is 6.87. The zero-order valence-electron chi connectivity index (χ0n) is 22.7. The lowest BCUT2D eigenvalue weighted by atomic mass is 10.0. The van der Waals surface area contributed by atoms with E-state index in [-0.39, 0.29) is 28.3 Å². The molecule has 1 atom stereocenters. The quantitative estimate of drug-likeness (QED) is 0.404. The molecule has 6 rings (SSSR count). The van der Waals surface area contributed by atoms with Gasteiger partial charge in [-0.15, -0.1) is 0 Å². The van der Waals surface area contributed by atoms with Crippen LogP contribution in [0.1, 0.15) is 60.6 Å². The second-order valence-electron chi connectivity index (χ2n) is 10.7. The first kappa shape index (κ1) is 26.9. The van der Waals surface area contributed by atoms with Crippen molar-refractivity contribution in [3.05, 3.63) is 47.2 Å². The molecule has 2 aromatic heterocycles. The number of amides is 2. The molecular weight excluding hydrogens is 548 g/mol. The van der Waals surface area contributed by atoms with Crippen molar-refractivity contribution in [3.63, 3.8) is 0 Å². The van der Waals surface area contributed by atoms with E-state index in [1.165, 1.54) is 18.4 Å². The molecule has 2 aliphatic heterocycles. The van der Waals surface area contributed by atoms with Gasteiger partial charge in [-0.05, 0) is 87.9 Å². The van der Waals surface area contributed by atoms with Crippen LogP contribution >= 0.6 is 11.3 Å². The van der Waals surface area contributed by atoms with Crippen LogP contribution in [0.25, 0.3) is 10.4 Å². The van der Waals surface area contributed by atoms with Gasteiger partial charge in [0.2, 0.25) is 15.9 Å². The molecule has 12 heteroatoms. The van der Waals surface area contributed by atoms with Crippen molar-refractivity contribution in [2.75, 3.05) is 23.8 Å². The maximum absolute atomic E-state index is 13.4. The molecule has 0 radical (unpaired) electrons. The van der Waals surface area contributed by atoms with Crippen LogP contribution in [0.4, 0.5) is 16.8 Å². The maximum Gasteiger partial charge on any atom is 0.256 e. The number of hydrogen-bond acceptors (Lipinski definition) is 8. The number of rotatable bonds is 8. The van der Waals surface area contributed by atoms with Crippen molar-refractivity contribution in [2.45, 2.75) is 63.4 Å². The van der Waals surface area contributed by atoms with Gasteiger partial charge in [0, 0.05) is 25.6 Å². The van der Waals surface area contributed by atoms with Gasteiger partial charge in [-0.2, -0.15) is 0 Å². The van der Waals surface area contributed by atoms with E-state index in [0.717, 1.165) is 36.3 Å². The van der Waals surface area contributed by atoms with E-state index in [1.54, 1.807) is 15.9 Å². The van der Waals surface area contributed by atoms with E-state index in [0.29, 0.717) is 53.3 Å². The molecule has 3 aliphatic rings. The average Bonchev–Trinajstić information content (AvgIpc) is 3.66. The summed E-state index contributed by atoms with van der Waals surface area (Å²) < 4.78 is 28.6. The van der Waals surface area contributed by atoms with Crippen LogP contribution in [0, 0.1) is 12.8 Å². The Bertz CT molecular complexity index is 1610. The van der Waals surface area contributed by atoms with Crippen LogP contribution in [0.3, 0.4) is 0 Å². The Labute approximate surface area is 237 Å². The molecule has 10 nitrogen and oxygen atoms in total. The van der Waals surface area contributed by atoms with E-state index in [9.17, 15) is 18.0 Å². The summed E-state index contributed by atoms with van der Waals surface area (Å²) in [5.74, 6) is 1.50. The van der Waals surface area contributed by atoms with Crippen LogP contribution in [-0.2, 0) is 21.4 Å². The number of aryl methyl sites for hydroxylation is 1. The molecule has 1 saturated carbocycles. The van der Waals surface area contributed by atoms with Crippen molar-refractivity contribution in [1.82, 2.24) is 19.6 Å². The number of benzene rings is 1. The molecule has 40 heavy (non-hydrogen) atoms. The average molecular weight is 581 g/mol. The number of pyridine rings is 1. The zero-order valence-corrected chi connectivity index (χ0v) is 24.4. The molecule has 2 N–H and O–H groups in total. The Balaban J connectivity index is 1.33. The predicted octanol–water partition coefficient (Wildman–Crippen LogP) is 4.44. The van der Waals surface area contributed by atoms with Gasteiger partial charge < -0.3 is 10.2 Å². The highest BCUT2D eigenvalue weighted by Crippen LogP contribution is 2.42. The summed E-state index contributed by atoms with van der Waals surface area (Å²) in [6, 6.07) is 9.08. The number of nitrogens with one attached hydrogen (secondary N) is 2. The van der Waals surface area contributed by atoms with E-state index < -0.39 is 10.0 Å². The number of thiazole rings is 1. The highest BCUT2D eigenvalue weighted by Gasteiger charge is 2.41. The highest BCUT2D eigenvalue weighted by atomic mass is 32.2. The first-order valence-corrected chi connectivity index (χ1v) is 15.9. The van der Waals surface area contributed by atoms with Crippen LogP contribution in [0.5, 0.6) is 0 Å². The summed E-state index contributed by atoms with van der Waals surface area (Å²) in [4.78, 5) is 39.4. The lowest BCUT2D eigenvalue weighted by Gasteiger charge is -2.25. The van der Waals surface area contributed by atoms with Crippen molar-refractivity contribution in [2.24, 2.45) is 5.92 Å². The topological polar surface area (TPSA) is 125 Å². The number of carbonyl (C=O) groups is 2. The predicted molar refractivity (Wildman–Crippen MR) is 154 cm³/mol. The number of nitrogens with zero attached hydrogens (tertiary/aromatic N) is 4. The van der Waals surface area contributed by atoms with E-state index in [1.807, 2.05) is 38.1 Å². The van der Waals surface area contributed by atoms with Crippen molar-refractivity contribution in [3.8, 4) is 10.4 Å². The molecule has 1 aromatic carbocycles. The fourth-order valence-electron chi connectivity index (χ4n) is 5.57. The van der Waals surface area contributed by atoms with Crippen LogP contribution in [0.2, 0.25) is 0 Å². The highest BCUT2D eigenvalue weighted by molar-refractivity contribution is 7.89. The number of sulfonamides is 1. The summed E-state index contributed by atoms with van der Waals surface area (Å²) in [5.41, 5.74) is 2.41. The minimum absolute atomic E-state index is 0.000808. The fourth-order valence-corrected chi connectivity index (χ4v) is 7.52. The minimum Gasteiger partial charge on any atom is -0.331 e. The zero-order chi connectivity index (χ0) is 28.2. The molecule has 0 bridgehead atoms. The number of aromatic nitrogens is 2. The molecule has 2 amide bonds. The lowest BCUT2D eigenvalue weighted by Crippen LogP contribution is -2.35. The second-order valence-corrected chi connectivity index (χ2v) is 13.5.